The smallest absolute Gasteiger partial charge is 0.409 e. The van der Waals surface area contributed by atoms with E-state index in [1.807, 2.05) is 0 Å². The Labute approximate surface area is 188 Å². The number of nitrogens with two attached hydrogens (primary N) is 1. The molecule has 1 aliphatic heterocycles. The van der Waals surface area contributed by atoms with Crippen LogP contribution in [-0.2, 0) is 16.0 Å². The van der Waals surface area contributed by atoms with Gasteiger partial charge in [0, 0.05) is 31.6 Å². The maximum absolute atomic E-state index is 12.5. The zero-order valence-corrected chi connectivity index (χ0v) is 18.3. The molecule has 5 amide bonds. The number of ether oxygens (including phenoxy) is 1. The molecule has 1 saturated heterocycles. The maximum Gasteiger partial charge on any atom is 0.409 e. The quantitative estimate of drug-likeness (QED) is 0.598. The van der Waals surface area contributed by atoms with Crippen molar-refractivity contribution < 1.29 is 23.9 Å². The Kier molecular flexibility index (Phi) is 7.60. The van der Waals surface area contributed by atoms with E-state index >= 15 is 0 Å². The van der Waals surface area contributed by atoms with Crippen molar-refractivity contribution in [3.63, 3.8) is 0 Å². The summed E-state index contributed by atoms with van der Waals surface area (Å²) >= 11 is 1.20. The normalized spacial score (nSPS) is 13.4. The molecule has 12 heteroatoms. The van der Waals surface area contributed by atoms with Crippen molar-refractivity contribution in [2.24, 2.45) is 5.73 Å². The summed E-state index contributed by atoms with van der Waals surface area (Å²) in [5, 5.41) is 7.40. The van der Waals surface area contributed by atoms with E-state index in [1.54, 1.807) is 40.3 Å². The summed E-state index contributed by atoms with van der Waals surface area (Å²) < 4.78 is 4.97. The van der Waals surface area contributed by atoms with Crippen LogP contribution >= 0.6 is 11.3 Å². The number of carbonyl (C=O) groups is 4. The van der Waals surface area contributed by atoms with E-state index in [0.29, 0.717) is 49.3 Å². The molecule has 11 nitrogen and oxygen atoms in total. The van der Waals surface area contributed by atoms with E-state index in [2.05, 4.69) is 15.6 Å². The Bertz CT molecular complexity index is 1000. The monoisotopic (exact) mass is 460 g/mol. The van der Waals surface area contributed by atoms with E-state index in [9.17, 15) is 19.2 Å². The largest absolute Gasteiger partial charge is 0.450 e. The van der Waals surface area contributed by atoms with Gasteiger partial charge in [-0.1, -0.05) is 12.1 Å². The Balaban J connectivity index is 1.50. The van der Waals surface area contributed by atoms with E-state index in [4.69, 9.17) is 10.5 Å². The number of nitrogens with zero attached hydrogens (tertiary/aromatic N) is 3. The van der Waals surface area contributed by atoms with Gasteiger partial charge in [0.1, 0.15) is 0 Å². The number of primary amides is 1. The first-order valence-electron chi connectivity index (χ1n) is 9.98. The molecule has 4 N–H and O–H groups in total. The lowest BCUT2D eigenvalue weighted by molar-refractivity contribution is -0.115. The van der Waals surface area contributed by atoms with Crippen LogP contribution in [0.2, 0.25) is 0 Å². The van der Waals surface area contributed by atoms with Crippen molar-refractivity contribution >= 4 is 46.1 Å². The molecule has 1 aliphatic rings. The molecular weight excluding hydrogens is 436 g/mol. The minimum Gasteiger partial charge on any atom is -0.450 e. The van der Waals surface area contributed by atoms with Gasteiger partial charge >= 0.3 is 12.1 Å². The molecule has 170 valence electrons. The van der Waals surface area contributed by atoms with Crippen LogP contribution in [0, 0.1) is 0 Å². The molecule has 0 radical (unpaired) electrons. The number of benzene rings is 1. The first-order valence-corrected chi connectivity index (χ1v) is 10.9. The Morgan fingerprint density at radius 3 is 2.47 bits per heavy atom. The fraction of sp³-hybridized carbons (Fsp3) is 0.350. The molecule has 1 fully saturated rings. The SMILES string of the molecule is CCOC(=O)N1CCN(C(=O)Nc2nc(CC(=O)Nc3ccccc3C(N)=O)cs2)CC1. The fourth-order valence-corrected chi connectivity index (χ4v) is 3.79. The van der Waals surface area contributed by atoms with Gasteiger partial charge in [0.15, 0.2) is 5.13 Å². The van der Waals surface area contributed by atoms with Gasteiger partial charge in [-0.3, -0.25) is 14.9 Å². The van der Waals surface area contributed by atoms with E-state index in [1.165, 1.54) is 17.4 Å². The third-order valence-corrected chi connectivity index (χ3v) is 5.47. The minimum atomic E-state index is -0.636. The standard InChI is InChI=1S/C20H24N6O5S/c1-2-31-20(30)26-9-7-25(8-10-26)19(29)24-18-22-13(12-32-18)11-16(27)23-15-6-4-3-5-14(15)17(21)28/h3-6,12H,2,7-11H2,1H3,(H2,21,28)(H,23,27)(H,22,24,29). The molecule has 0 atom stereocenters. The Morgan fingerprint density at radius 2 is 1.78 bits per heavy atom. The molecule has 0 bridgehead atoms. The maximum atomic E-state index is 12.5. The van der Waals surface area contributed by atoms with Gasteiger partial charge in [0.25, 0.3) is 5.91 Å². The lowest BCUT2D eigenvalue weighted by Gasteiger charge is -2.33. The third kappa shape index (κ3) is 5.94. The summed E-state index contributed by atoms with van der Waals surface area (Å²) in [7, 11) is 0. The highest BCUT2D eigenvalue weighted by atomic mass is 32.1. The predicted molar refractivity (Wildman–Crippen MR) is 119 cm³/mol. The molecule has 2 heterocycles. The summed E-state index contributed by atoms with van der Waals surface area (Å²) in [6.45, 7) is 3.59. The van der Waals surface area contributed by atoms with Gasteiger partial charge in [-0.15, -0.1) is 11.3 Å². The van der Waals surface area contributed by atoms with Crippen LogP contribution < -0.4 is 16.4 Å². The summed E-state index contributed by atoms with van der Waals surface area (Å²) in [4.78, 5) is 55.4. The highest BCUT2D eigenvalue weighted by Crippen LogP contribution is 2.19. The van der Waals surface area contributed by atoms with Crippen molar-refractivity contribution in [2.75, 3.05) is 43.4 Å². The van der Waals surface area contributed by atoms with E-state index < -0.39 is 5.91 Å². The van der Waals surface area contributed by atoms with Gasteiger partial charge < -0.3 is 25.6 Å². The number of hydrogen-bond acceptors (Lipinski definition) is 7. The first kappa shape index (κ1) is 23.0. The van der Waals surface area contributed by atoms with Crippen LogP contribution in [0.15, 0.2) is 29.6 Å². The second-order valence-corrected chi connectivity index (χ2v) is 7.74. The zero-order valence-electron chi connectivity index (χ0n) is 17.5. The van der Waals surface area contributed by atoms with Crippen LogP contribution in [0.3, 0.4) is 0 Å². The second-order valence-electron chi connectivity index (χ2n) is 6.88. The lowest BCUT2D eigenvalue weighted by Crippen LogP contribution is -2.51. The van der Waals surface area contributed by atoms with Crippen LogP contribution in [0.4, 0.5) is 20.4 Å². The molecular formula is C20H24N6O5S. The van der Waals surface area contributed by atoms with Crippen molar-refractivity contribution in [3.05, 3.63) is 40.9 Å². The van der Waals surface area contributed by atoms with Gasteiger partial charge in [-0.2, -0.15) is 0 Å². The van der Waals surface area contributed by atoms with Crippen molar-refractivity contribution in [1.29, 1.82) is 0 Å². The summed E-state index contributed by atoms with van der Waals surface area (Å²) in [6.07, 6.45) is -0.411. The van der Waals surface area contributed by atoms with Crippen LogP contribution in [0.5, 0.6) is 0 Å². The summed E-state index contributed by atoms with van der Waals surface area (Å²) in [5.74, 6) is -1.00. The highest BCUT2D eigenvalue weighted by molar-refractivity contribution is 7.13. The van der Waals surface area contributed by atoms with Gasteiger partial charge in [-0.05, 0) is 19.1 Å². The highest BCUT2D eigenvalue weighted by Gasteiger charge is 2.25. The molecule has 3 rings (SSSR count). The lowest BCUT2D eigenvalue weighted by atomic mass is 10.1. The Morgan fingerprint density at radius 1 is 1.09 bits per heavy atom. The molecule has 32 heavy (non-hydrogen) atoms. The van der Waals surface area contributed by atoms with Gasteiger partial charge in [-0.25, -0.2) is 14.6 Å². The van der Waals surface area contributed by atoms with Crippen LogP contribution in [0.25, 0.3) is 0 Å². The number of para-hydroxylation sites is 1. The number of nitrogens with one attached hydrogen (secondary N) is 2. The number of urea groups is 1. The van der Waals surface area contributed by atoms with Crippen LogP contribution in [0.1, 0.15) is 23.0 Å². The molecule has 0 unspecified atom stereocenters. The number of carbonyl (C=O) groups excluding carboxylic acids is 4. The Hall–Kier alpha value is -3.67. The topological polar surface area (TPSA) is 147 Å². The minimum absolute atomic E-state index is 0.0301. The molecule has 1 aromatic carbocycles. The first-order chi connectivity index (χ1) is 15.4. The zero-order chi connectivity index (χ0) is 23.1. The van der Waals surface area contributed by atoms with Gasteiger partial charge in [0.2, 0.25) is 5.91 Å². The number of hydrogen-bond donors (Lipinski definition) is 3. The molecule has 0 saturated carbocycles. The average molecular weight is 461 g/mol. The average Bonchev–Trinajstić information content (AvgIpc) is 3.20. The molecule has 1 aromatic heterocycles. The number of piperazine rings is 1. The number of anilines is 2. The number of amides is 5. The number of rotatable bonds is 6. The fourth-order valence-electron chi connectivity index (χ4n) is 3.09. The van der Waals surface area contributed by atoms with E-state index in [0.717, 1.165) is 0 Å². The molecule has 2 aromatic rings. The van der Waals surface area contributed by atoms with Crippen LogP contribution in [-0.4, -0.2) is 71.5 Å². The van der Waals surface area contributed by atoms with Crippen molar-refractivity contribution in [2.45, 2.75) is 13.3 Å². The predicted octanol–water partition coefficient (Wildman–Crippen LogP) is 1.73. The molecule has 0 spiro atoms. The summed E-state index contributed by atoms with van der Waals surface area (Å²) in [6, 6.07) is 6.13. The van der Waals surface area contributed by atoms with Crippen molar-refractivity contribution in [1.82, 2.24) is 14.8 Å². The van der Waals surface area contributed by atoms with Crippen molar-refractivity contribution in [3.8, 4) is 0 Å². The number of thiazole rings is 1. The summed E-state index contributed by atoms with van der Waals surface area (Å²) in [5.41, 5.74) is 6.34. The second kappa shape index (κ2) is 10.6. The number of aromatic nitrogens is 1. The molecule has 0 aliphatic carbocycles. The third-order valence-electron chi connectivity index (χ3n) is 4.67. The van der Waals surface area contributed by atoms with Gasteiger partial charge in [0.05, 0.1) is 30.0 Å². The van der Waals surface area contributed by atoms with E-state index in [-0.39, 0.29) is 30.0 Å².